The molecule has 6 heteroatoms. The van der Waals surface area contributed by atoms with Crippen molar-refractivity contribution in [1.29, 1.82) is 5.26 Å². The lowest BCUT2D eigenvalue weighted by molar-refractivity contribution is 0.0921. The van der Waals surface area contributed by atoms with Crippen LogP contribution in [-0.4, -0.2) is 27.9 Å². The van der Waals surface area contributed by atoms with Gasteiger partial charge in [0.25, 0.3) is 5.91 Å². The Bertz CT molecular complexity index is 750. The Balaban J connectivity index is 1.93. The van der Waals surface area contributed by atoms with E-state index in [2.05, 4.69) is 16.4 Å². The number of aromatic nitrogens is 1. The maximum Gasteiger partial charge on any atom is 0.271 e. The van der Waals surface area contributed by atoms with Gasteiger partial charge in [0, 0.05) is 11.1 Å². The van der Waals surface area contributed by atoms with E-state index >= 15 is 0 Å². The monoisotopic (exact) mass is 317 g/mol. The molecule has 2 aromatic rings. The number of rotatable bonds is 2. The molecule has 106 valence electrons. The number of carbonyl (C=O) groups excluding carboxylic acids is 1. The highest BCUT2D eigenvalue weighted by Gasteiger charge is 2.36. The zero-order valence-electron chi connectivity index (χ0n) is 11.1. The minimum absolute atomic E-state index is 0.241. The molecular formula is C15H12ClN3OS. The van der Waals surface area contributed by atoms with Crippen LogP contribution in [0.15, 0.2) is 30.3 Å². The number of halogens is 1. The summed E-state index contributed by atoms with van der Waals surface area (Å²) >= 11 is 7.80. The Morgan fingerprint density at radius 3 is 3.00 bits per heavy atom. The number of fused-ring (bicyclic) bond motifs is 1. The van der Waals surface area contributed by atoms with Gasteiger partial charge in [-0.25, -0.2) is 4.98 Å². The molecule has 0 radical (unpaired) electrons. The highest BCUT2D eigenvalue weighted by Crippen LogP contribution is 2.28. The minimum Gasteiger partial charge on any atom is -0.332 e. The van der Waals surface area contributed by atoms with Gasteiger partial charge in [-0.2, -0.15) is 17.0 Å². The van der Waals surface area contributed by atoms with Crippen LogP contribution in [0.2, 0.25) is 5.15 Å². The number of benzene rings is 1. The largest absolute Gasteiger partial charge is 0.332 e. The standard InChI is InChI=1S/C15H12ClN3OS/c16-13-11-4-2-1-3-10(11)7-12(18-13)14(20)19-15(8-17)5-6-21-9-15/h1-4,7H,5-6,9H2,(H,19,20). The van der Waals surface area contributed by atoms with Crippen molar-refractivity contribution >= 4 is 40.0 Å². The van der Waals surface area contributed by atoms with Crippen molar-refractivity contribution in [3.63, 3.8) is 0 Å². The lowest BCUT2D eigenvalue weighted by Crippen LogP contribution is -2.47. The molecule has 0 bridgehead atoms. The zero-order valence-corrected chi connectivity index (χ0v) is 12.7. The maximum absolute atomic E-state index is 12.4. The van der Waals surface area contributed by atoms with E-state index in [1.165, 1.54) is 0 Å². The number of pyridine rings is 1. The Kier molecular flexibility index (Phi) is 3.75. The van der Waals surface area contributed by atoms with Crippen molar-refractivity contribution in [3.8, 4) is 6.07 Å². The van der Waals surface area contributed by atoms with Gasteiger partial charge < -0.3 is 5.32 Å². The molecule has 3 rings (SSSR count). The van der Waals surface area contributed by atoms with E-state index < -0.39 is 5.54 Å². The van der Waals surface area contributed by atoms with Gasteiger partial charge in [-0.15, -0.1) is 0 Å². The fourth-order valence-electron chi connectivity index (χ4n) is 2.33. The van der Waals surface area contributed by atoms with E-state index in [1.54, 1.807) is 17.8 Å². The zero-order chi connectivity index (χ0) is 14.9. The van der Waals surface area contributed by atoms with Crippen molar-refractivity contribution in [1.82, 2.24) is 10.3 Å². The number of amides is 1. The van der Waals surface area contributed by atoms with Crippen molar-refractivity contribution < 1.29 is 4.79 Å². The van der Waals surface area contributed by atoms with E-state index in [0.29, 0.717) is 17.3 Å². The van der Waals surface area contributed by atoms with Crippen LogP contribution in [0.1, 0.15) is 16.9 Å². The van der Waals surface area contributed by atoms with Crippen LogP contribution in [0.25, 0.3) is 10.8 Å². The van der Waals surface area contributed by atoms with E-state index in [1.807, 2.05) is 24.3 Å². The first kappa shape index (κ1) is 14.2. The smallest absolute Gasteiger partial charge is 0.271 e. The van der Waals surface area contributed by atoms with Crippen LogP contribution in [0.5, 0.6) is 0 Å². The minimum atomic E-state index is -0.790. The molecule has 1 N–H and O–H groups in total. The molecule has 1 atom stereocenters. The first-order chi connectivity index (χ1) is 10.1. The second kappa shape index (κ2) is 5.55. The Morgan fingerprint density at radius 2 is 2.29 bits per heavy atom. The second-order valence-electron chi connectivity index (χ2n) is 4.97. The van der Waals surface area contributed by atoms with Gasteiger partial charge >= 0.3 is 0 Å². The quantitative estimate of drug-likeness (QED) is 0.865. The van der Waals surface area contributed by atoms with Crippen molar-refractivity contribution in [2.45, 2.75) is 12.0 Å². The van der Waals surface area contributed by atoms with Crippen LogP contribution >= 0.6 is 23.4 Å². The van der Waals surface area contributed by atoms with Crippen LogP contribution in [0, 0.1) is 11.3 Å². The number of hydrogen-bond donors (Lipinski definition) is 1. The molecule has 1 aromatic carbocycles. The number of nitrogens with one attached hydrogen (secondary N) is 1. The number of carbonyl (C=O) groups is 1. The van der Waals surface area contributed by atoms with Gasteiger partial charge in [0.1, 0.15) is 16.4 Å². The van der Waals surface area contributed by atoms with E-state index in [0.717, 1.165) is 16.5 Å². The average molecular weight is 318 g/mol. The molecule has 1 fully saturated rings. The summed E-state index contributed by atoms with van der Waals surface area (Å²) in [4.78, 5) is 16.5. The molecule has 0 saturated carbocycles. The maximum atomic E-state index is 12.4. The molecule has 1 aliphatic rings. The summed E-state index contributed by atoms with van der Waals surface area (Å²) in [5.74, 6) is 1.13. The second-order valence-corrected chi connectivity index (χ2v) is 6.43. The molecule has 1 unspecified atom stereocenters. The lowest BCUT2D eigenvalue weighted by atomic mass is 10.0. The fraction of sp³-hybridized carbons (Fsp3) is 0.267. The van der Waals surface area contributed by atoms with Crippen LogP contribution in [0.4, 0.5) is 0 Å². The van der Waals surface area contributed by atoms with E-state index in [4.69, 9.17) is 11.6 Å². The van der Waals surface area contributed by atoms with Gasteiger partial charge in [-0.3, -0.25) is 4.79 Å². The molecule has 1 aliphatic heterocycles. The van der Waals surface area contributed by atoms with Crippen molar-refractivity contribution in [2.24, 2.45) is 0 Å². The third-order valence-corrected chi connectivity index (χ3v) is 4.99. The third kappa shape index (κ3) is 2.69. The summed E-state index contributed by atoms with van der Waals surface area (Å²) in [6.45, 7) is 0. The predicted octanol–water partition coefficient (Wildman–Crippen LogP) is 3.02. The van der Waals surface area contributed by atoms with Crippen molar-refractivity contribution in [2.75, 3.05) is 11.5 Å². The molecule has 1 amide bonds. The molecule has 1 saturated heterocycles. The molecule has 0 aliphatic carbocycles. The Labute approximate surface area is 131 Å². The summed E-state index contributed by atoms with van der Waals surface area (Å²) in [6, 6.07) is 11.4. The average Bonchev–Trinajstić information content (AvgIpc) is 2.96. The first-order valence-electron chi connectivity index (χ1n) is 6.50. The van der Waals surface area contributed by atoms with E-state index in [9.17, 15) is 10.1 Å². The number of nitrogens with zero attached hydrogens (tertiary/aromatic N) is 2. The number of nitriles is 1. The molecule has 1 aromatic heterocycles. The third-order valence-electron chi connectivity index (χ3n) is 3.51. The van der Waals surface area contributed by atoms with Gasteiger partial charge in [0.15, 0.2) is 0 Å². The lowest BCUT2D eigenvalue weighted by Gasteiger charge is -2.21. The topological polar surface area (TPSA) is 65.8 Å². The summed E-state index contributed by atoms with van der Waals surface area (Å²) in [7, 11) is 0. The summed E-state index contributed by atoms with van der Waals surface area (Å²) in [5.41, 5.74) is -0.549. The molecule has 2 heterocycles. The molecule has 0 spiro atoms. The van der Waals surface area contributed by atoms with Gasteiger partial charge in [-0.1, -0.05) is 35.9 Å². The molecule has 21 heavy (non-hydrogen) atoms. The van der Waals surface area contributed by atoms with Gasteiger partial charge in [0.05, 0.1) is 6.07 Å². The number of hydrogen-bond acceptors (Lipinski definition) is 4. The highest BCUT2D eigenvalue weighted by molar-refractivity contribution is 7.99. The highest BCUT2D eigenvalue weighted by atomic mass is 35.5. The van der Waals surface area contributed by atoms with Crippen molar-refractivity contribution in [3.05, 3.63) is 41.2 Å². The van der Waals surface area contributed by atoms with Crippen LogP contribution in [0.3, 0.4) is 0 Å². The fourth-order valence-corrected chi connectivity index (χ4v) is 3.86. The van der Waals surface area contributed by atoms with E-state index in [-0.39, 0.29) is 11.6 Å². The van der Waals surface area contributed by atoms with Crippen LogP contribution < -0.4 is 5.32 Å². The summed E-state index contributed by atoms with van der Waals surface area (Å²) in [6.07, 6.45) is 0.654. The first-order valence-corrected chi connectivity index (χ1v) is 8.04. The number of thioether (sulfide) groups is 1. The summed E-state index contributed by atoms with van der Waals surface area (Å²) < 4.78 is 0. The Morgan fingerprint density at radius 1 is 1.48 bits per heavy atom. The predicted molar refractivity (Wildman–Crippen MR) is 84.5 cm³/mol. The summed E-state index contributed by atoms with van der Waals surface area (Å²) in [5, 5.41) is 14.1. The van der Waals surface area contributed by atoms with Gasteiger partial charge in [0.2, 0.25) is 0 Å². The van der Waals surface area contributed by atoms with Gasteiger partial charge in [-0.05, 0) is 23.6 Å². The molecular weight excluding hydrogens is 306 g/mol. The SMILES string of the molecule is N#CC1(NC(=O)c2cc3ccccc3c(Cl)n2)CCSC1. The molecule has 4 nitrogen and oxygen atoms in total. The normalized spacial score (nSPS) is 21.1. The van der Waals surface area contributed by atoms with Crippen LogP contribution in [-0.2, 0) is 0 Å². The Hall–Kier alpha value is -1.77.